The standard InChI is InChI=1S/C28H30N2O3/c31-28-30(25(21-32-28)18-22-8-3-1-4-9-22)24-14-16-29(17-15-24)20-23-10-7-13-27(19-23)33-26-11-5-2-6-12-26/h1-13,19,24-25H,14-18,20-21H2. The van der Waals surface area contributed by atoms with Crippen molar-refractivity contribution in [1.29, 1.82) is 0 Å². The van der Waals surface area contributed by atoms with Gasteiger partial charge < -0.3 is 9.47 Å². The molecule has 1 unspecified atom stereocenters. The number of ether oxygens (including phenoxy) is 2. The minimum absolute atomic E-state index is 0.128. The van der Waals surface area contributed by atoms with Crippen molar-refractivity contribution in [2.75, 3.05) is 19.7 Å². The Labute approximate surface area is 195 Å². The number of cyclic esters (lactones) is 1. The second-order valence-electron chi connectivity index (χ2n) is 8.90. The van der Waals surface area contributed by atoms with Gasteiger partial charge >= 0.3 is 6.09 Å². The molecule has 3 aromatic carbocycles. The number of hydrogen-bond donors (Lipinski definition) is 0. The van der Waals surface area contributed by atoms with Gasteiger partial charge in [0, 0.05) is 25.7 Å². The molecule has 170 valence electrons. The Balaban J connectivity index is 1.16. The van der Waals surface area contributed by atoms with Gasteiger partial charge in [-0.3, -0.25) is 9.80 Å². The lowest BCUT2D eigenvalue weighted by molar-refractivity contribution is 0.104. The third-order valence-electron chi connectivity index (χ3n) is 6.55. The third-order valence-corrected chi connectivity index (χ3v) is 6.55. The summed E-state index contributed by atoms with van der Waals surface area (Å²) in [6, 6.07) is 28.9. The number of likely N-dealkylation sites (tertiary alicyclic amines) is 1. The molecule has 5 nitrogen and oxygen atoms in total. The predicted octanol–water partition coefficient (Wildman–Crippen LogP) is 5.51. The van der Waals surface area contributed by atoms with E-state index >= 15 is 0 Å². The van der Waals surface area contributed by atoms with E-state index < -0.39 is 0 Å². The molecule has 0 aromatic heterocycles. The largest absolute Gasteiger partial charge is 0.457 e. The predicted molar refractivity (Wildman–Crippen MR) is 128 cm³/mol. The van der Waals surface area contributed by atoms with Crippen molar-refractivity contribution in [1.82, 2.24) is 9.80 Å². The van der Waals surface area contributed by atoms with Crippen LogP contribution in [0, 0.1) is 0 Å². The lowest BCUT2D eigenvalue weighted by Crippen LogP contribution is -2.48. The van der Waals surface area contributed by atoms with E-state index in [1.165, 1.54) is 11.1 Å². The summed E-state index contributed by atoms with van der Waals surface area (Å²) in [5, 5.41) is 0. The molecule has 5 heteroatoms. The van der Waals surface area contributed by atoms with Crippen molar-refractivity contribution in [2.24, 2.45) is 0 Å². The summed E-state index contributed by atoms with van der Waals surface area (Å²) < 4.78 is 11.4. The summed E-state index contributed by atoms with van der Waals surface area (Å²) in [5.41, 5.74) is 2.49. The Morgan fingerprint density at radius 1 is 0.818 bits per heavy atom. The Kier molecular flexibility index (Phi) is 6.58. The van der Waals surface area contributed by atoms with Gasteiger partial charge in [0.2, 0.25) is 0 Å². The molecule has 2 fully saturated rings. The zero-order chi connectivity index (χ0) is 22.5. The van der Waals surface area contributed by atoms with Gasteiger partial charge in [-0.25, -0.2) is 4.79 Å². The van der Waals surface area contributed by atoms with E-state index in [9.17, 15) is 4.79 Å². The normalized spacial score (nSPS) is 19.5. The number of para-hydroxylation sites is 1. The van der Waals surface area contributed by atoms with Gasteiger partial charge in [0.1, 0.15) is 18.1 Å². The number of nitrogens with zero attached hydrogens (tertiary/aromatic N) is 2. The maximum absolute atomic E-state index is 12.5. The van der Waals surface area contributed by atoms with Gasteiger partial charge in [0.05, 0.1) is 6.04 Å². The van der Waals surface area contributed by atoms with Crippen LogP contribution in [-0.2, 0) is 17.7 Å². The van der Waals surface area contributed by atoms with E-state index in [0.29, 0.717) is 6.61 Å². The average molecular weight is 443 g/mol. The van der Waals surface area contributed by atoms with Gasteiger partial charge in [0.15, 0.2) is 0 Å². The van der Waals surface area contributed by atoms with Crippen LogP contribution in [0.1, 0.15) is 24.0 Å². The van der Waals surface area contributed by atoms with Crippen LogP contribution in [0.15, 0.2) is 84.9 Å². The Morgan fingerprint density at radius 3 is 2.24 bits per heavy atom. The van der Waals surface area contributed by atoms with E-state index in [-0.39, 0.29) is 18.2 Å². The highest BCUT2D eigenvalue weighted by Gasteiger charge is 2.39. The highest BCUT2D eigenvalue weighted by molar-refractivity contribution is 5.70. The van der Waals surface area contributed by atoms with Gasteiger partial charge in [-0.1, -0.05) is 60.7 Å². The van der Waals surface area contributed by atoms with E-state index in [0.717, 1.165) is 50.4 Å². The number of amides is 1. The molecular weight excluding hydrogens is 412 g/mol. The molecule has 0 N–H and O–H groups in total. The SMILES string of the molecule is O=C1OCC(Cc2ccccc2)N1C1CCN(Cc2cccc(Oc3ccccc3)c2)CC1. The summed E-state index contributed by atoms with van der Waals surface area (Å²) in [6.45, 7) is 3.31. The molecule has 1 amide bonds. The quantitative estimate of drug-likeness (QED) is 0.484. The Bertz CT molecular complexity index is 1050. The fraction of sp³-hybridized carbons (Fsp3) is 0.321. The zero-order valence-electron chi connectivity index (χ0n) is 18.8. The first-order valence-corrected chi connectivity index (χ1v) is 11.8. The molecule has 33 heavy (non-hydrogen) atoms. The molecule has 2 aliphatic rings. The zero-order valence-corrected chi connectivity index (χ0v) is 18.8. The fourth-order valence-corrected chi connectivity index (χ4v) is 4.91. The molecule has 0 radical (unpaired) electrons. The van der Waals surface area contributed by atoms with Crippen LogP contribution < -0.4 is 4.74 Å². The van der Waals surface area contributed by atoms with Gasteiger partial charge in [-0.15, -0.1) is 0 Å². The summed E-state index contributed by atoms with van der Waals surface area (Å²) in [5.74, 6) is 1.70. The number of carbonyl (C=O) groups excluding carboxylic acids is 1. The van der Waals surface area contributed by atoms with Crippen LogP contribution in [0.3, 0.4) is 0 Å². The maximum Gasteiger partial charge on any atom is 0.410 e. The van der Waals surface area contributed by atoms with E-state index in [2.05, 4.69) is 47.4 Å². The second-order valence-corrected chi connectivity index (χ2v) is 8.90. The van der Waals surface area contributed by atoms with E-state index in [1.807, 2.05) is 47.4 Å². The van der Waals surface area contributed by atoms with Crippen molar-refractivity contribution in [3.8, 4) is 11.5 Å². The molecule has 0 spiro atoms. The van der Waals surface area contributed by atoms with Gasteiger partial charge in [-0.05, 0) is 54.7 Å². The number of benzene rings is 3. The van der Waals surface area contributed by atoms with Crippen LogP contribution in [-0.4, -0.2) is 47.7 Å². The topological polar surface area (TPSA) is 42.0 Å². The van der Waals surface area contributed by atoms with Gasteiger partial charge in [-0.2, -0.15) is 0 Å². The third kappa shape index (κ3) is 5.37. The molecular formula is C28H30N2O3. The second kappa shape index (κ2) is 10.1. The lowest BCUT2D eigenvalue weighted by Gasteiger charge is -2.38. The first-order valence-electron chi connectivity index (χ1n) is 11.8. The molecule has 2 heterocycles. The molecule has 0 aliphatic carbocycles. The molecule has 5 rings (SSSR count). The smallest absolute Gasteiger partial charge is 0.410 e. The molecule has 1 atom stereocenters. The summed E-state index contributed by atoms with van der Waals surface area (Å²) in [4.78, 5) is 17.0. The first kappa shape index (κ1) is 21.5. The minimum atomic E-state index is -0.153. The highest BCUT2D eigenvalue weighted by Crippen LogP contribution is 2.27. The fourth-order valence-electron chi connectivity index (χ4n) is 4.91. The summed E-state index contributed by atoms with van der Waals surface area (Å²) in [7, 11) is 0. The van der Waals surface area contributed by atoms with E-state index in [1.54, 1.807) is 0 Å². The number of piperidine rings is 1. The number of carbonyl (C=O) groups is 1. The van der Waals surface area contributed by atoms with E-state index in [4.69, 9.17) is 9.47 Å². The monoisotopic (exact) mass is 442 g/mol. The van der Waals surface area contributed by atoms with Crippen molar-refractivity contribution < 1.29 is 14.3 Å². The molecule has 0 saturated carbocycles. The summed E-state index contributed by atoms with van der Waals surface area (Å²) >= 11 is 0. The molecule has 0 bridgehead atoms. The van der Waals surface area contributed by atoms with Crippen molar-refractivity contribution in [2.45, 2.75) is 37.9 Å². The van der Waals surface area contributed by atoms with Crippen molar-refractivity contribution in [3.05, 3.63) is 96.1 Å². The Morgan fingerprint density at radius 2 is 1.48 bits per heavy atom. The van der Waals surface area contributed by atoms with Crippen LogP contribution in [0.4, 0.5) is 4.79 Å². The minimum Gasteiger partial charge on any atom is -0.457 e. The highest BCUT2D eigenvalue weighted by atomic mass is 16.6. The van der Waals surface area contributed by atoms with Crippen LogP contribution in [0.2, 0.25) is 0 Å². The first-order chi connectivity index (χ1) is 16.2. The molecule has 2 aliphatic heterocycles. The van der Waals surface area contributed by atoms with Crippen LogP contribution in [0.5, 0.6) is 11.5 Å². The molecule has 3 aromatic rings. The lowest BCUT2D eigenvalue weighted by atomic mass is 9.99. The van der Waals surface area contributed by atoms with Gasteiger partial charge in [0.25, 0.3) is 0 Å². The Hall–Kier alpha value is -3.31. The average Bonchev–Trinajstić information content (AvgIpc) is 3.21. The summed E-state index contributed by atoms with van der Waals surface area (Å²) in [6.07, 6.45) is 2.64. The van der Waals surface area contributed by atoms with Crippen LogP contribution in [0.25, 0.3) is 0 Å². The maximum atomic E-state index is 12.5. The molecule has 2 saturated heterocycles. The van der Waals surface area contributed by atoms with Crippen molar-refractivity contribution in [3.63, 3.8) is 0 Å². The van der Waals surface area contributed by atoms with Crippen LogP contribution >= 0.6 is 0 Å². The number of rotatable bonds is 7. The number of hydrogen-bond acceptors (Lipinski definition) is 4. The van der Waals surface area contributed by atoms with Crippen molar-refractivity contribution >= 4 is 6.09 Å².